The molecule has 3 N–H and O–H groups in total. The van der Waals surface area contributed by atoms with Gasteiger partial charge >= 0.3 is 12.0 Å². The summed E-state index contributed by atoms with van der Waals surface area (Å²) in [6.07, 6.45) is 1.67. The highest BCUT2D eigenvalue weighted by molar-refractivity contribution is 7.09. The molecule has 20 heavy (non-hydrogen) atoms. The lowest BCUT2D eigenvalue weighted by Gasteiger charge is -2.08. The molecule has 0 aliphatic heterocycles. The van der Waals surface area contributed by atoms with Crippen molar-refractivity contribution in [2.45, 2.75) is 19.8 Å². The van der Waals surface area contributed by atoms with Crippen LogP contribution in [-0.4, -0.2) is 28.2 Å². The Bertz CT molecular complexity index is 521. The highest BCUT2D eigenvalue weighted by Gasteiger charge is 2.08. The number of anilines is 1. The Labute approximate surface area is 121 Å². The summed E-state index contributed by atoms with van der Waals surface area (Å²) in [7, 11) is 0. The summed E-state index contributed by atoms with van der Waals surface area (Å²) >= 11 is 1.69. The molecular weight excluding hydrogens is 278 g/mol. The van der Waals surface area contributed by atoms with Crippen LogP contribution < -0.4 is 20.7 Å². The van der Waals surface area contributed by atoms with Gasteiger partial charge in [0.2, 0.25) is 5.95 Å². The molecule has 8 heteroatoms. The van der Waals surface area contributed by atoms with Crippen molar-refractivity contribution in [1.82, 2.24) is 15.0 Å². The van der Waals surface area contributed by atoms with Gasteiger partial charge in [0, 0.05) is 11.3 Å². The molecule has 0 radical (unpaired) electrons. The van der Waals surface area contributed by atoms with E-state index in [-0.39, 0.29) is 18.0 Å². The molecular formula is C12H17N5O2S. The number of aromatic nitrogens is 3. The van der Waals surface area contributed by atoms with Crippen LogP contribution in [0.4, 0.5) is 5.95 Å². The second-order valence-corrected chi connectivity index (χ2v) is 4.93. The standard InChI is InChI=1S/C12H17N5O2S/c1-2-6-18-11-14-10(17-13)15-12(16-11)19-7-5-9-4-3-8-20-9/h3-4,8H,2,5-7,13H2,1H3,(H,14,15,16,17). The van der Waals surface area contributed by atoms with Gasteiger partial charge in [-0.25, -0.2) is 5.84 Å². The Kier molecular flexibility index (Phi) is 5.51. The number of nitrogens with two attached hydrogens (primary N) is 1. The van der Waals surface area contributed by atoms with Crippen molar-refractivity contribution in [3.8, 4) is 12.0 Å². The van der Waals surface area contributed by atoms with E-state index in [2.05, 4.69) is 26.4 Å². The normalized spacial score (nSPS) is 10.3. The van der Waals surface area contributed by atoms with E-state index in [1.54, 1.807) is 11.3 Å². The number of ether oxygens (including phenoxy) is 2. The average molecular weight is 295 g/mol. The lowest BCUT2D eigenvalue weighted by molar-refractivity contribution is 0.264. The zero-order chi connectivity index (χ0) is 14.2. The number of nitrogens with one attached hydrogen (secondary N) is 1. The first-order valence-corrected chi connectivity index (χ1v) is 7.20. The first-order chi connectivity index (χ1) is 9.81. The summed E-state index contributed by atoms with van der Waals surface area (Å²) in [5.74, 6) is 5.53. The zero-order valence-corrected chi connectivity index (χ0v) is 12.0. The third-order valence-corrected chi connectivity index (χ3v) is 3.25. The molecule has 0 aromatic carbocycles. The number of thiophene rings is 1. The quantitative estimate of drug-likeness (QED) is 0.564. The van der Waals surface area contributed by atoms with E-state index in [0.29, 0.717) is 13.2 Å². The van der Waals surface area contributed by atoms with Gasteiger partial charge in [0.05, 0.1) is 13.2 Å². The second kappa shape index (κ2) is 7.61. The number of nitrogens with zero attached hydrogens (tertiary/aromatic N) is 3. The minimum atomic E-state index is 0.204. The molecule has 2 heterocycles. The van der Waals surface area contributed by atoms with Gasteiger partial charge in [-0.2, -0.15) is 9.97 Å². The van der Waals surface area contributed by atoms with E-state index in [4.69, 9.17) is 15.3 Å². The first kappa shape index (κ1) is 14.5. The van der Waals surface area contributed by atoms with Crippen molar-refractivity contribution in [1.29, 1.82) is 0 Å². The number of rotatable bonds is 8. The molecule has 0 atom stereocenters. The van der Waals surface area contributed by atoms with Gasteiger partial charge < -0.3 is 9.47 Å². The van der Waals surface area contributed by atoms with E-state index in [9.17, 15) is 0 Å². The molecule has 7 nitrogen and oxygen atoms in total. The summed E-state index contributed by atoms with van der Waals surface area (Å²) < 4.78 is 10.9. The Morgan fingerprint density at radius 2 is 1.95 bits per heavy atom. The number of hydrogen-bond acceptors (Lipinski definition) is 8. The molecule has 2 rings (SSSR count). The highest BCUT2D eigenvalue weighted by Crippen LogP contribution is 2.14. The van der Waals surface area contributed by atoms with Gasteiger partial charge in [0.15, 0.2) is 0 Å². The lowest BCUT2D eigenvalue weighted by atomic mass is 10.4. The fraction of sp³-hybridized carbons (Fsp3) is 0.417. The van der Waals surface area contributed by atoms with E-state index < -0.39 is 0 Å². The average Bonchev–Trinajstić information content (AvgIpc) is 2.98. The van der Waals surface area contributed by atoms with Crippen LogP contribution >= 0.6 is 11.3 Å². The summed E-state index contributed by atoms with van der Waals surface area (Å²) in [5, 5.41) is 2.03. The Hall–Kier alpha value is -1.93. The Balaban J connectivity index is 1.94. The summed E-state index contributed by atoms with van der Waals surface area (Å²) in [6, 6.07) is 4.48. The molecule has 0 spiro atoms. The fourth-order valence-corrected chi connectivity index (χ4v) is 2.11. The molecule has 0 aliphatic carbocycles. The monoisotopic (exact) mass is 295 g/mol. The Morgan fingerprint density at radius 1 is 1.20 bits per heavy atom. The minimum absolute atomic E-state index is 0.204. The predicted octanol–water partition coefficient (Wildman–Crippen LogP) is 1.63. The molecule has 0 saturated heterocycles. The number of nitrogen functional groups attached to an aromatic ring is 1. The van der Waals surface area contributed by atoms with Gasteiger partial charge in [-0.1, -0.05) is 13.0 Å². The van der Waals surface area contributed by atoms with Crippen LogP contribution in [0.2, 0.25) is 0 Å². The van der Waals surface area contributed by atoms with Gasteiger partial charge in [-0.15, -0.1) is 16.3 Å². The smallest absolute Gasteiger partial charge is 0.324 e. The molecule has 2 aromatic heterocycles. The van der Waals surface area contributed by atoms with Crippen molar-refractivity contribution in [3.63, 3.8) is 0 Å². The van der Waals surface area contributed by atoms with Crippen LogP contribution in [-0.2, 0) is 6.42 Å². The fourth-order valence-electron chi connectivity index (χ4n) is 1.42. The van der Waals surface area contributed by atoms with E-state index in [1.165, 1.54) is 4.88 Å². The van der Waals surface area contributed by atoms with Crippen LogP contribution in [0.15, 0.2) is 17.5 Å². The largest absolute Gasteiger partial charge is 0.463 e. The van der Waals surface area contributed by atoms with E-state index in [1.807, 2.05) is 18.4 Å². The minimum Gasteiger partial charge on any atom is -0.463 e. The first-order valence-electron chi connectivity index (χ1n) is 6.32. The topological polar surface area (TPSA) is 95.2 Å². The molecule has 2 aromatic rings. The van der Waals surface area contributed by atoms with Crippen molar-refractivity contribution in [2.24, 2.45) is 5.84 Å². The lowest BCUT2D eigenvalue weighted by Crippen LogP contribution is -2.14. The molecule has 0 bridgehead atoms. The van der Waals surface area contributed by atoms with Crippen molar-refractivity contribution in [3.05, 3.63) is 22.4 Å². The van der Waals surface area contributed by atoms with Gasteiger partial charge in [0.1, 0.15) is 0 Å². The van der Waals surface area contributed by atoms with Gasteiger partial charge in [0.25, 0.3) is 0 Å². The Morgan fingerprint density at radius 3 is 2.55 bits per heavy atom. The third-order valence-electron chi connectivity index (χ3n) is 2.32. The van der Waals surface area contributed by atoms with Crippen molar-refractivity contribution >= 4 is 17.3 Å². The highest BCUT2D eigenvalue weighted by atomic mass is 32.1. The van der Waals surface area contributed by atoms with Crippen LogP contribution in [0.25, 0.3) is 0 Å². The predicted molar refractivity (Wildman–Crippen MR) is 76.9 cm³/mol. The van der Waals surface area contributed by atoms with Crippen LogP contribution in [0.3, 0.4) is 0 Å². The van der Waals surface area contributed by atoms with Crippen LogP contribution in [0, 0.1) is 0 Å². The van der Waals surface area contributed by atoms with Gasteiger partial charge in [-0.3, -0.25) is 5.43 Å². The van der Waals surface area contributed by atoms with Crippen molar-refractivity contribution < 1.29 is 9.47 Å². The van der Waals surface area contributed by atoms with E-state index >= 15 is 0 Å². The van der Waals surface area contributed by atoms with E-state index in [0.717, 1.165) is 12.8 Å². The molecule has 108 valence electrons. The SMILES string of the molecule is CCCOc1nc(NN)nc(OCCc2cccs2)n1. The second-order valence-electron chi connectivity index (χ2n) is 3.89. The maximum Gasteiger partial charge on any atom is 0.324 e. The number of hydrazine groups is 1. The summed E-state index contributed by atoms with van der Waals surface area (Å²) in [4.78, 5) is 13.3. The maximum absolute atomic E-state index is 5.51. The summed E-state index contributed by atoms with van der Waals surface area (Å²) in [6.45, 7) is 3.02. The maximum atomic E-state index is 5.51. The van der Waals surface area contributed by atoms with Gasteiger partial charge in [-0.05, 0) is 17.9 Å². The van der Waals surface area contributed by atoms with Crippen LogP contribution in [0.1, 0.15) is 18.2 Å². The molecule has 0 amide bonds. The van der Waals surface area contributed by atoms with Crippen LogP contribution in [0.5, 0.6) is 12.0 Å². The summed E-state index contributed by atoms with van der Waals surface area (Å²) in [5.41, 5.74) is 2.37. The molecule has 0 fully saturated rings. The third kappa shape index (κ3) is 4.32. The molecule has 0 aliphatic rings. The molecule has 0 unspecified atom stereocenters. The van der Waals surface area contributed by atoms with Crippen molar-refractivity contribution in [2.75, 3.05) is 18.6 Å². The number of hydrogen-bond donors (Lipinski definition) is 2. The molecule has 0 saturated carbocycles. The zero-order valence-electron chi connectivity index (χ0n) is 11.2.